The van der Waals surface area contributed by atoms with Crippen molar-refractivity contribution in [2.24, 2.45) is 5.14 Å². The van der Waals surface area contributed by atoms with Crippen molar-refractivity contribution in [1.29, 1.82) is 0 Å². The molecular formula is C16H20N2O5S. The number of rotatable bonds is 5. The van der Waals surface area contributed by atoms with Gasteiger partial charge in [-0.2, -0.15) is 0 Å². The number of aliphatic hydroxyl groups is 1. The summed E-state index contributed by atoms with van der Waals surface area (Å²) in [6.07, 6.45) is 0. The van der Waals surface area contributed by atoms with Crippen molar-refractivity contribution in [2.45, 2.75) is 31.3 Å². The topological polar surface area (TPSA) is 123 Å². The number of hydrogen-bond donors (Lipinski definition) is 3. The molecule has 0 fully saturated rings. The summed E-state index contributed by atoms with van der Waals surface area (Å²) in [5.41, 5.74) is -0.792. The zero-order chi connectivity index (χ0) is 18.1. The Labute approximate surface area is 140 Å². The van der Waals surface area contributed by atoms with Crippen LogP contribution in [0.1, 0.15) is 34.4 Å². The van der Waals surface area contributed by atoms with Crippen molar-refractivity contribution < 1.29 is 22.7 Å². The number of amides is 1. The van der Waals surface area contributed by atoms with Crippen LogP contribution >= 0.6 is 0 Å². The van der Waals surface area contributed by atoms with Crippen LogP contribution < -0.4 is 10.5 Å². The Balaban J connectivity index is 2.23. The van der Waals surface area contributed by atoms with E-state index in [2.05, 4.69) is 5.32 Å². The molecule has 1 aromatic carbocycles. The Morgan fingerprint density at radius 2 is 1.96 bits per heavy atom. The molecule has 8 heteroatoms. The highest BCUT2D eigenvalue weighted by atomic mass is 32.2. The summed E-state index contributed by atoms with van der Waals surface area (Å²) < 4.78 is 28.6. The number of sulfonamides is 1. The van der Waals surface area contributed by atoms with E-state index in [0.29, 0.717) is 17.1 Å². The maximum atomic E-state index is 12.4. The van der Waals surface area contributed by atoms with E-state index in [1.165, 1.54) is 19.1 Å². The number of furan rings is 1. The Bertz CT molecular complexity index is 868. The van der Waals surface area contributed by atoms with E-state index in [4.69, 9.17) is 9.56 Å². The molecule has 0 bridgehead atoms. The minimum Gasteiger partial charge on any atom is -0.463 e. The van der Waals surface area contributed by atoms with Crippen molar-refractivity contribution in [3.63, 3.8) is 0 Å². The summed E-state index contributed by atoms with van der Waals surface area (Å²) in [6.45, 7) is 4.80. The van der Waals surface area contributed by atoms with E-state index in [0.717, 1.165) is 0 Å². The molecule has 0 unspecified atom stereocenters. The van der Waals surface area contributed by atoms with Gasteiger partial charge >= 0.3 is 0 Å². The van der Waals surface area contributed by atoms with Crippen molar-refractivity contribution >= 4 is 15.9 Å². The molecule has 130 valence electrons. The Morgan fingerprint density at radius 3 is 2.50 bits per heavy atom. The molecule has 0 aliphatic carbocycles. The average Bonchev–Trinajstić information content (AvgIpc) is 2.91. The Hall–Kier alpha value is -2.16. The fourth-order valence-electron chi connectivity index (χ4n) is 2.23. The molecule has 2 aromatic rings. The van der Waals surface area contributed by atoms with E-state index >= 15 is 0 Å². The standard InChI is InChI=1S/C16H20N2O5S/c1-10-4-6-13(24(17,21)22)12(8-10)15(19)18-9-16(3,20)14-7-5-11(2)23-14/h4-8,20H,9H2,1-3H3,(H,18,19)(H2,17,21,22)/t16-/m0/s1. The Morgan fingerprint density at radius 1 is 1.29 bits per heavy atom. The van der Waals surface area contributed by atoms with E-state index in [1.54, 1.807) is 32.0 Å². The van der Waals surface area contributed by atoms with Gasteiger partial charge < -0.3 is 14.8 Å². The highest BCUT2D eigenvalue weighted by Crippen LogP contribution is 2.22. The molecule has 0 aliphatic rings. The molecule has 1 amide bonds. The summed E-state index contributed by atoms with van der Waals surface area (Å²) in [6, 6.07) is 7.59. The van der Waals surface area contributed by atoms with Crippen LogP contribution in [0.4, 0.5) is 0 Å². The van der Waals surface area contributed by atoms with Gasteiger partial charge in [0.1, 0.15) is 17.1 Å². The van der Waals surface area contributed by atoms with Gasteiger partial charge in [0, 0.05) is 0 Å². The second-order valence-corrected chi connectivity index (χ2v) is 7.44. The molecule has 1 heterocycles. The van der Waals surface area contributed by atoms with Gasteiger partial charge in [0.2, 0.25) is 10.0 Å². The molecule has 4 N–H and O–H groups in total. The largest absolute Gasteiger partial charge is 0.463 e. The average molecular weight is 352 g/mol. The molecule has 24 heavy (non-hydrogen) atoms. The van der Waals surface area contributed by atoms with Gasteiger partial charge in [-0.15, -0.1) is 0 Å². The number of benzene rings is 1. The normalized spacial score (nSPS) is 14.2. The lowest BCUT2D eigenvalue weighted by molar-refractivity contribution is 0.0323. The number of aryl methyl sites for hydroxylation is 2. The third-order valence-electron chi connectivity index (χ3n) is 3.55. The maximum Gasteiger partial charge on any atom is 0.252 e. The van der Waals surface area contributed by atoms with E-state index in [1.807, 2.05) is 0 Å². The highest BCUT2D eigenvalue weighted by molar-refractivity contribution is 7.89. The van der Waals surface area contributed by atoms with Crippen LogP contribution in [0.2, 0.25) is 0 Å². The zero-order valence-electron chi connectivity index (χ0n) is 13.7. The molecule has 2 rings (SSSR count). The summed E-state index contributed by atoms with van der Waals surface area (Å²) in [5.74, 6) is 0.286. The first-order valence-corrected chi connectivity index (χ1v) is 8.76. The Kier molecular flexibility index (Phi) is 4.84. The van der Waals surface area contributed by atoms with Gasteiger partial charge in [0.25, 0.3) is 5.91 Å². The van der Waals surface area contributed by atoms with Crippen LogP contribution in [0, 0.1) is 13.8 Å². The number of nitrogens with one attached hydrogen (secondary N) is 1. The predicted octanol–water partition coefficient (Wildman–Crippen LogP) is 1.18. The van der Waals surface area contributed by atoms with Crippen LogP contribution in [-0.4, -0.2) is 26.0 Å². The van der Waals surface area contributed by atoms with Crippen LogP contribution in [-0.2, 0) is 15.6 Å². The summed E-state index contributed by atoms with van der Waals surface area (Å²) in [4.78, 5) is 12.1. The summed E-state index contributed by atoms with van der Waals surface area (Å²) in [7, 11) is -4.04. The lowest BCUT2D eigenvalue weighted by Crippen LogP contribution is -2.39. The van der Waals surface area contributed by atoms with Gasteiger partial charge in [-0.1, -0.05) is 11.6 Å². The van der Waals surface area contributed by atoms with Crippen molar-refractivity contribution in [3.05, 3.63) is 53.0 Å². The number of nitrogens with two attached hydrogens (primary N) is 1. The monoisotopic (exact) mass is 352 g/mol. The minimum absolute atomic E-state index is 0.0658. The van der Waals surface area contributed by atoms with Crippen molar-refractivity contribution in [1.82, 2.24) is 5.32 Å². The fraction of sp³-hybridized carbons (Fsp3) is 0.312. The second kappa shape index (κ2) is 6.39. The first kappa shape index (κ1) is 18.2. The van der Waals surface area contributed by atoms with Crippen LogP contribution in [0.3, 0.4) is 0 Å². The number of carbonyl (C=O) groups is 1. The quantitative estimate of drug-likeness (QED) is 0.746. The molecule has 0 saturated heterocycles. The molecule has 0 radical (unpaired) electrons. The lowest BCUT2D eigenvalue weighted by atomic mass is 10.0. The SMILES string of the molecule is Cc1ccc(S(N)(=O)=O)c(C(=O)NC[C@](C)(O)c2ccc(C)o2)c1. The number of hydrogen-bond acceptors (Lipinski definition) is 5. The van der Waals surface area contributed by atoms with Crippen molar-refractivity contribution in [3.8, 4) is 0 Å². The first-order chi connectivity index (χ1) is 11.0. The van der Waals surface area contributed by atoms with Crippen LogP contribution in [0.15, 0.2) is 39.6 Å². The molecule has 7 nitrogen and oxygen atoms in total. The maximum absolute atomic E-state index is 12.4. The minimum atomic E-state index is -4.04. The van der Waals surface area contributed by atoms with Crippen LogP contribution in [0.5, 0.6) is 0 Å². The van der Waals surface area contributed by atoms with Gasteiger partial charge in [0.15, 0.2) is 0 Å². The molecule has 0 aliphatic heterocycles. The van der Waals surface area contributed by atoms with Gasteiger partial charge in [-0.05, 0) is 45.0 Å². The van der Waals surface area contributed by atoms with Gasteiger partial charge in [-0.25, -0.2) is 13.6 Å². The van der Waals surface area contributed by atoms with Crippen molar-refractivity contribution in [2.75, 3.05) is 6.54 Å². The lowest BCUT2D eigenvalue weighted by Gasteiger charge is -2.21. The fourth-order valence-corrected chi connectivity index (χ4v) is 2.94. The van der Waals surface area contributed by atoms with E-state index < -0.39 is 21.5 Å². The molecule has 1 atom stereocenters. The number of primary sulfonamides is 1. The first-order valence-electron chi connectivity index (χ1n) is 7.21. The van der Waals surface area contributed by atoms with E-state index in [9.17, 15) is 18.3 Å². The molecular weight excluding hydrogens is 332 g/mol. The zero-order valence-corrected chi connectivity index (χ0v) is 14.5. The number of carbonyl (C=O) groups excluding carboxylic acids is 1. The highest BCUT2D eigenvalue weighted by Gasteiger charge is 2.28. The third kappa shape index (κ3) is 4.02. The molecule has 0 spiro atoms. The van der Waals surface area contributed by atoms with E-state index in [-0.39, 0.29) is 17.0 Å². The third-order valence-corrected chi connectivity index (χ3v) is 4.52. The summed E-state index contributed by atoms with van der Waals surface area (Å²) >= 11 is 0. The van der Waals surface area contributed by atoms with Crippen LogP contribution in [0.25, 0.3) is 0 Å². The summed E-state index contributed by atoms with van der Waals surface area (Å²) in [5, 5.41) is 18.1. The predicted molar refractivity (Wildman–Crippen MR) is 87.9 cm³/mol. The molecule has 1 aromatic heterocycles. The van der Waals surface area contributed by atoms with Gasteiger partial charge in [-0.3, -0.25) is 4.79 Å². The van der Waals surface area contributed by atoms with Gasteiger partial charge in [0.05, 0.1) is 17.0 Å². The molecule has 0 saturated carbocycles. The second-order valence-electron chi connectivity index (χ2n) is 5.91. The smallest absolute Gasteiger partial charge is 0.252 e.